The average molecular weight is 482 g/mol. The summed E-state index contributed by atoms with van der Waals surface area (Å²) in [4.78, 5) is 28.4. The van der Waals surface area contributed by atoms with Crippen molar-refractivity contribution in [2.45, 2.75) is 12.3 Å². The number of nitrogens with zero attached hydrogens (tertiary/aromatic N) is 2. The molecule has 4 rings (SSSR count). The van der Waals surface area contributed by atoms with E-state index in [-0.39, 0.29) is 31.3 Å². The fourth-order valence-corrected chi connectivity index (χ4v) is 4.03. The second-order valence-electron chi connectivity index (χ2n) is 7.08. The van der Waals surface area contributed by atoms with E-state index in [1.54, 1.807) is 23.1 Å². The monoisotopic (exact) mass is 481 g/mol. The molecule has 2 aromatic carbocycles. The standard InChI is InChI=1S/C20H18BrF2N3O4/c21-11-1-2-16-15(5-11)20(29)26-4-3-25(9-17(26)19(28)24-16)18(27)10-30-14-7-12(22)6-13(23)8-14/h1-2,5-8,17,20,29H,3-4,9-10H2,(H,24,28). The molecule has 2 amide bonds. The van der Waals surface area contributed by atoms with Gasteiger partial charge in [0, 0.05) is 53.6 Å². The zero-order chi connectivity index (χ0) is 21.4. The van der Waals surface area contributed by atoms with E-state index in [0.717, 1.165) is 16.6 Å². The summed E-state index contributed by atoms with van der Waals surface area (Å²) in [6.07, 6.45) is -1.01. The third-order valence-corrected chi connectivity index (χ3v) is 5.63. The maximum atomic E-state index is 13.3. The lowest BCUT2D eigenvalue weighted by atomic mass is 10.1. The molecule has 158 valence electrons. The van der Waals surface area contributed by atoms with E-state index >= 15 is 0 Å². The zero-order valence-electron chi connectivity index (χ0n) is 15.6. The Morgan fingerprint density at radius 3 is 2.67 bits per heavy atom. The smallest absolute Gasteiger partial charge is 0.260 e. The number of fused-ring (bicyclic) bond motifs is 2. The molecule has 2 atom stereocenters. The summed E-state index contributed by atoms with van der Waals surface area (Å²) in [5.41, 5.74) is 1.08. The maximum absolute atomic E-state index is 13.3. The van der Waals surface area contributed by atoms with Crippen LogP contribution in [0.2, 0.25) is 0 Å². The lowest BCUT2D eigenvalue weighted by molar-refractivity contribution is -0.144. The summed E-state index contributed by atoms with van der Waals surface area (Å²) in [6.45, 7) is 0.167. The van der Waals surface area contributed by atoms with Gasteiger partial charge in [0.15, 0.2) is 6.61 Å². The van der Waals surface area contributed by atoms with Crippen molar-refractivity contribution in [3.63, 3.8) is 0 Å². The SMILES string of the molecule is O=C1Nc2ccc(Br)cc2C(O)N2CCN(C(=O)COc3cc(F)cc(F)c3)CC12. The Morgan fingerprint density at radius 1 is 1.20 bits per heavy atom. The van der Waals surface area contributed by atoms with Crippen molar-refractivity contribution in [1.82, 2.24) is 9.80 Å². The van der Waals surface area contributed by atoms with Gasteiger partial charge in [-0.25, -0.2) is 8.78 Å². The van der Waals surface area contributed by atoms with E-state index in [1.807, 2.05) is 0 Å². The van der Waals surface area contributed by atoms with Crippen LogP contribution in [0.15, 0.2) is 40.9 Å². The van der Waals surface area contributed by atoms with Crippen LogP contribution >= 0.6 is 15.9 Å². The van der Waals surface area contributed by atoms with Gasteiger partial charge in [-0.2, -0.15) is 0 Å². The highest BCUT2D eigenvalue weighted by Gasteiger charge is 2.41. The van der Waals surface area contributed by atoms with Gasteiger partial charge in [-0.3, -0.25) is 14.5 Å². The molecule has 1 fully saturated rings. The third kappa shape index (κ3) is 4.16. The van der Waals surface area contributed by atoms with Crippen LogP contribution in [0.25, 0.3) is 0 Å². The number of halogens is 3. The molecule has 7 nitrogen and oxygen atoms in total. The number of aliphatic hydroxyl groups is 1. The molecular formula is C20H18BrF2N3O4. The summed E-state index contributed by atoms with van der Waals surface area (Å²) < 4.78 is 32.5. The molecule has 0 saturated carbocycles. The van der Waals surface area contributed by atoms with Gasteiger partial charge in [0.2, 0.25) is 5.91 Å². The quantitative estimate of drug-likeness (QED) is 0.702. The van der Waals surface area contributed by atoms with Crippen molar-refractivity contribution < 1.29 is 28.2 Å². The summed E-state index contributed by atoms with van der Waals surface area (Å²) in [6, 6.07) is 7.13. The van der Waals surface area contributed by atoms with Crippen molar-refractivity contribution in [3.05, 3.63) is 58.1 Å². The summed E-state index contributed by atoms with van der Waals surface area (Å²) in [5, 5.41) is 13.6. The predicted octanol–water partition coefficient (Wildman–Crippen LogP) is 2.26. The normalized spacial score (nSPS) is 21.3. The Morgan fingerprint density at radius 2 is 1.93 bits per heavy atom. The largest absolute Gasteiger partial charge is 0.484 e. The molecule has 10 heteroatoms. The fraction of sp³-hybridized carbons (Fsp3) is 0.300. The van der Waals surface area contributed by atoms with Crippen LogP contribution in [0.4, 0.5) is 14.5 Å². The zero-order valence-corrected chi connectivity index (χ0v) is 17.2. The molecule has 0 spiro atoms. The van der Waals surface area contributed by atoms with Crippen LogP contribution in [0.3, 0.4) is 0 Å². The van der Waals surface area contributed by atoms with Crippen LogP contribution in [0.1, 0.15) is 11.8 Å². The number of benzene rings is 2. The minimum Gasteiger partial charge on any atom is -0.484 e. The van der Waals surface area contributed by atoms with Crippen molar-refractivity contribution in [2.75, 3.05) is 31.6 Å². The van der Waals surface area contributed by atoms with Crippen LogP contribution in [-0.2, 0) is 9.59 Å². The summed E-state index contributed by atoms with van der Waals surface area (Å²) in [5.74, 6) is -2.46. The molecule has 0 aliphatic carbocycles. The fourth-order valence-electron chi connectivity index (χ4n) is 3.65. The number of hydrogen-bond donors (Lipinski definition) is 2. The Bertz CT molecular complexity index is 986. The van der Waals surface area contributed by atoms with Gasteiger partial charge < -0.3 is 20.1 Å². The van der Waals surface area contributed by atoms with E-state index in [0.29, 0.717) is 17.3 Å². The summed E-state index contributed by atoms with van der Waals surface area (Å²) in [7, 11) is 0. The van der Waals surface area contributed by atoms with Gasteiger partial charge in [0.25, 0.3) is 5.91 Å². The molecule has 30 heavy (non-hydrogen) atoms. The number of ether oxygens (including phenoxy) is 1. The predicted molar refractivity (Wildman–Crippen MR) is 107 cm³/mol. The number of anilines is 1. The molecule has 2 N–H and O–H groups in total. The molecule has 0 bridgehead atoms. The van der Waals surface area contributed by atoms with Crippen molar-refractivity contribution in [2.24, 2.45) is 0 Å². The first-order chi connectivity index (χ1) is 14.3. The lowest BCUT2D eigenvalue weighted by Crippen LogP contribution is -2.59. The molecule has 2 aliphatic rings. The van der Waals surface area contributed by atoms with Crippen LogP contribution in [-0.4, -0.2) is 59.0 Å². The molecule has 1 saturated heterocycles. The molecule has 2 aromatic rings. The Kier molecular flexibility index (Phi) is 5.72. The van der Waals surface area contributed by atoms with Gasteiger partial charge in [-0.05, 0) is 18.2 Å². The molecule has 2 unspecified atom stereocenters. The van der Waals surface area contributed by atoms with E-state index in [9.17, 15) is 23.5 Å². The number of carbonyl (C=O) groups excluding carboxylic acids is 2. The number of nitrogens with one attached hydrogen (secondary N) is 1. The molecule has 0 radical (unpaired) electrons. The maximum Gasteiger partial charge on any atom is 0.260 e. The van der Waals surface area contributed by atoms with E-state index in [4.69, 9.17) is 4.74 Å². The number of aliphatic hydroxyl groups excluding tert-OH is 1. The molecule has 0 aromatic heterocycles. The van der Waals surface area contributed by atoms with Crippen molar-refractivity contribution >= 4 is 33.4 Å². The molecule has 2 aliphatic heterocycles. The first kappa shape index (κ1) is 20.7. The topological polar surface area (TPSA) is 82.1 Å². The van der Waals surface area contributed by atoms with Crippen LogP contribution in [0.5, 0.6) is 5.75 Å². The van der Waals surface area contributed by atoms with Gasteiger partial charge in [-0.1, -0.05) is 15.9 Å². The second-order valence-corrected chi connectivity index (χ2v) is 8.00. The lowest BCUT2D eigenvalue weighted by Gasteiger charge is -2.41. The Balaban J connectivity index is 1.45. The highest BCUT2D eigenvalue weighted by atomic mass is 79.9. The first-order valence-electron chi connectivity index (χ1n) is 9.22. The van der Waals surface area contributed by atoms with Crippen LogP contribution < -0.4 is 10.1 Å². The second kappa shape index (κ2) is 8.29. The number of amides is 2. The van der Waals surface area contributed by atoms with Gasteiger partial charge in [-0.15, -0.1) is 0 Å². The first-order valence-corrected chi connectivity index (χ1v) is 10.0. The third-order valence-electron chi connectivity index (χ3n) is 5.14. The Labute approximate surface area is 179 Å². The molecule has 2 heterocycles. The minimum atomic E-state index is -1.01. The van der Waals surface area contributed by atoms with Gasteiger partial charge in [0.1, 0.15) is 29.7 Å². The van der Waals surface area contributed by atoms with E-state index in [2.05, 4.69) is 21.2 Å². The van der Waals surface area contributed by atoms with Gasteiger partial charge >= 0.3 is 0 Å². The van der Waals surface area contributed by atoms with Crippen LogP contribution in [0, 0.1) is 11.6 Å². The number of rotatable bonds is 3. The minimum absolute atomic E-state index is 0.0533. The highest BCUT2D eigenvalue weighted by molar-refractivity contribution is 9.10. The van der Waals surface area contributed by atoms with E-state index < -0.39 is 36.4 Å². The van der Waals surface area contributed by atoms with Crippen molar-refractivity contribution in [3.8, 4) is 5.75 Å². The number of piperazine rings is 1. The summed E-state index contributed by atoms with van der Waals surface area (Å²) >= 11 is 3.36. The Hall–Kier alpha value is -2.56. The number of carbonyl (C=O) groups is 2. The van der Waals surface area contributed by atoms with Crippen molar-refractivity contribution in [1.29, 1.82) is 0 Å². The molecular weight excluding hydrogens is 464 g/mol. The highest BCUT2D eigenvalue weighted by Crippen LogP contribution is 2.34. The van der Waals surface area contributed by atoms with E-state index in [1.165, 1.54) is 4.90 Å². The average Bonchev–Trinajstić information content (AvgIpc) is 2.80. The van der Waals surface area contributed by atoms with Gasteiger partial charge in [0.05, 0.1) is 0 Å². The number of hydrogen-bond acceptors (Lipinski definition) is 5.